The number of hydrogen-bond donors (Lipinski definition) is 0. The van der Waals surface area contributed by atoms with Crippen LogP contribution in [0.15, 0.2) is 85.1 Å². The molecule has 0 bridgehead atoms. The normalized spacial score (nSPS) is 12.6. The minimum absolute atomic E-state index is 0.0822. The lowest BCUT2D eigenvalue weighted by atomic mass is 10.0. The highest BCUT2D eigenvalue weighted by Gasteiger charge is 2.19. The van der Waals surface area contributed by atoms with Gasteiger partial charge in [-0.05, 0) is 116 Å². The van der Waals surface area contributed by atoms with Gasteiger partial charge in [-0.15, -0.1) is 0 Å². The van der Waals surface area contributed by atoms with Gasteiger partial charge in [-0.2, -0.15) is 0 Å². The number of rotatable bonds is 59. The Bertz CT molecular complexity index is 1450. The molecular weight excluding hydrogens is 937 g/mol. The van der Waals surface area contributed by atoms with E-state index < -0.39 is 6.10 Å². The fourth-order valence-electron chi connectivity index (χ4n) is 9.23. The first kappa shape index (κ1) is 72.6. The van der Waals surface area contributed by atoms with Crippen molar-refractivity contribution in [1.29, 1.82) is 0 Å². The molecule has 0 saturated heterocycles. The Kier molecular flexibility index (Phi) is 61.2. The molecule has 0 radical (unpaired) electrons. The van der Waals surface area contributed by atoms with E-state index in [1.165, 1.54) is 173 Å². The van der Waals surface area contributed by atoms with Crippen LogP contribution in [-0.2, 0) is 28.6 Å². The molecule has 0 aliphatic heterocycles. The number of allylic oxidation sites excluding steroid dienone is 14. The predicted octanol–water partition coefficient (Wildman–Crippen LogP) is 22.3. The lowest BCUT2D eigenvalue weighted by Crippen LogP contribution is -2.30. The van der Waals surface area contributed by atoms with Crippen molar-refractivity contribution in [2.75, 3.05) is 13.2 Å². The van der Waals surface area contributed by atoms with Gasteiger partial charge in [0.25, 0.3) is 0 Å². The third-order valence-electron chi connectivity index (χ3n) is 14.1. The summed E-state index contributed by atoms with van der Waals surface area (Å²) in [6.45, 7) is 6.53. The number of carbonyl (C=O) groups is 3. The molecule has 76 heavy (non-hydrogen) atoms. The van der Waals surface area contributed by atoms with Gasteiger partial charge in [0.2, 0.25) is 0 Å². The highest BCUT2D eigenvalue weighted by Crippen LogP contribution is 2.16. The van der Waals surface area contributed by atoms with Crippen molar-refractivity contribution in [1.82, 2.24) is 0 Å². The molecule has 6 nitrogen and oxygen atoms in total. The molecule has 0 heterocycles. The molecule has 0 N–H and O–H groups in total. The van der Waals surface area contributed by atoms with Gasteiger partial charge >= 0.3 is 17.9 Å². The van der Waals surface area contributed by atoms with Crippen LogP contribution in [0.4, 0.5) is 0 Å². The van der Waals surface area contributed by atoms with Crippen LogP contribution < -0.4 is 0 Å². The number of esters is 3. The van der Waals surface area contributed by atoms with E-state index in [-0.39, 0.29) is 31.1 Å². The molecule has 0 fully saturated rings. The second-order valence-electron chi connectivity index (χ2n) is 21.6. The van der Waals surface area contributed by atoms with Crippen LogP contribution in [-0.4, -0.2) is 37.2 Å². The molecule has 1 unspecified atom stereocenters. The number of hydrogen-bond acceptors (Lipinski definition) is 6. The molecule has 0 aromatic heterocycles. The quantitative estimate of drug-likeness (QED) is 0.0261. The van der Waals surface area contributed by atoms with E-state index in [1.54, 1.807) is 0 Å². The van der Waals surface area contributed by atoms with E-state index in [0.717, 1.165) is 109 Å². The number of unbranched alkanes of at least 4 members (excludes halogenated alkanes) is 34. The molecule has 6 heteroatoms. The summed E-state index contributed by atoms with van der Waals surface area (Å²) >= 11 is 0. The maximum absolute atomic E-state index is 12.9. The van der Waals surface area contributed by atoms with Crippen molar-refractivity contribution >= 4 is 17.9 Å². The fourth-order valence-corrected chi connectivity index (χ4v) is 9.23. The zero-order valence-corrected chi connectivity index (χ0v) is 50.3. The summed E-state index contributed by atoms with van der Waals surface area (Å²) in [6, 6.07) is 0. The molecule has 0 spiro atoms. The smallest absolute Gasteiger partial charge is 0.306 e. The van der Waals surface area contributed by atoms with Gasteiger partial charge in [0, 0.05) is 19.3 Å². The Hall–Kier alpha value is -3.41. The minimum Gasteiger partial charge on any atom is -0.462 e. The van der Waals surface area contributed by atoms with Crippen LogP contribution >= 0.6 is 0 Å². The molecule has 0 saturated carbocycles. The third-order valence-corrected chi connectivity index (χ3v) is 14.1. The monoisotopic (exact) mass is 1060 g/mol. The Morgan fingerprint density at radius 2 is 0.513 bits per heavy atom. The molecule has 0 amide bonds. The number of carbonyl (C=O) groups excluding carboxylic acids is 3. The van der Waals surface area contributed by atoms with Gasteiger partial charge in [0.05, 0.1) is 0 Å². The first-order valence-electron chi connectivity index (χ1n) is 32.6. The molecule has 0 aliphatic rings. The molecule has 0 aromatic carbocycles. The van der Waals surface area contributed by atoms with Gasteiger partial charge < -0.3 is 14.2 Å². The van der Waals surface area contributed by atoms with Gasteiger partial charge in [-0.1, -0.05) is 273 Å². The summed E-state index contributed by atoms with van der Waals surface area (Å²) in [6.07, 6.45) is 84.4. The lowest BCUT2D eigenvalue weighted by molar-refractivity contribution is -0.167. The van der Waals surface area contributed by atoms with Gasteiger partial charge in [-0.3, -0.25) is 14.4 Å². The second kappa shape index (κ2) is 64.1. The van der Waals surface area contributed by atoms with E-state index in [1.807, 2.05) is 0 Å². The van der Waals surface area contributed by atoms with E-state index in [2.05, 4.69) is 106 Å². The van der Waals surface area contributed by atoms with Crippen LogP contribution in [0.2, 0.25) is 0 Å². The zero-order valence-electron chi connectivity index (χ0n) is 50.3. The SMILES string of the molecule is CC/C=C\C/C=C\C/C=C\C/C=C\C/C=C\CCCCCCCCCCCCCC(=O)OCC(COC(=O)CCCCCCC/C=C\CCCCCCCC)OC(=O)CCCCCCC/C=C\CCCCCCCCC. The lowest BCUT2D eigenvalue weighted by Gasteiger charge is -2.18. The Labute approximate surface area is 471 Å². The summed E-state index contributed by atoms with van der Waals surface area (Å²) in [7, 11) is 0. The Morgan fingerprint density at radius 1 is 0.276 bits per heavy atom. The third kappa shape index (κ3) is 61.4. The average molecular weight is 1060 g/mol. The van der Waals surface area contributed by atoms with Crippen LogP contribution in [0, 0.1) is 0 Å². The summed E-state index contributed by atoms with van der Waals surface area (Å²) in [5.74, 6) is -0.889. The van der Waals surface area contributed by atoms with E-state index >= 15 is 0 Å². The Balaban J connectivity index is 4.31. The maximum atomic E-state index is 12.9. The summed E-state index contributed by atoms with van der Waals surface area (Å²) < 4.78 is 16.9. The second-order valence-corrected chi connectivity index (χ2v) is 21.6. The fraction of sp³-hybridized carbons (Fsp3) is 0.757. The van der Waals surface area contributed by atoms with Crippen LogP contribution in [0.3, 0.4) is 0 Å². The minimum atomic E-state index is -0.786. The maximum Gasteiger partial charge on any atom is 0.306 e. The molecule has 0 rings (SSSR count). The van der Waals surface area contributed by atoms with Gasteiger partial charge in [0.15, 0.2) is 6.10 Å². The van der Waals surface area contributed by atoms with Crippen molar-refractivity contribution in [2.24, 2.45) is 0 Å². The molecule has 438 valence electrons. The molecule has 0 aliphatic carbocycles. The van der Waals surface area contributed by atoms with Crippen LogP contribution in [0.5, 0.6) is 0 Å². The van der Waals surface area contributed by atoms with Crippen molar-refractivity contribution in [2.45, 2.75) is 329 Å². The average Bonchev–Trinajstić information content (AvgIpc) is 3.42. The summed E-state index contributed by atoms with van der Waals surface area (Å²) in [4.78, 5) is 38.3. The van der Waals surface area contributed by atoms with Gasteiger partial charge in [0.1, 0.15) is 13.2 Å². The summed E-state index contributed by atoms with van der Waals surface area (Å²) in [5, 5.41) is 0. The first-order chi connectivity index (χ1) is 37.5. The van der Waals surface area contributed by atoms with Crippen LogP contribution in [0.25, 0.3) is 0 Å². The topological polar surface area (TPSA) is 78.9 Å². The predicted molar refractivity (Wildman–Crippen MR) is 330 cm³/mol. The summed E-state index contributed by atoms with van der Waals surface area (Å²) in [5.41, 5.74) is 0. The molecule has 0 aromatic rings. The van der Waals surface area contributed by atoms with Crippen molar-refractivity contribution < 1.29 is 28.6 Å². The highest BCUT2D eigenvalue weighted by molar-refractivity contribution is 5.71. The zero-order chi connectivity index (χ0) is 55.0. The Morgan fingerprint density at radius 3 is 0.816 bits per heavy atom. The standard InChI is InChI=1S/C70H122O6/c1-4-7-10-13-16-19-22-25-28-30-31-32-33-34-35-36-37-38-39-40-43-45-48-51-54-57-60-63-69(72)75-66-67(65-74-68(71)62-59-56-53-50-47-44-41-27-24-21-18-15-12-9-6-3)76-70(73)64-61-58-55-52-49-46-42-29-26-23-20-17-14-11-8-5-2/h7,10,16,19,25,27-29,31-32,34-35,41-42,67H,4-6,8-9,11-15,17-18,20-24,26,30,33,36-40,43-66H2,1-3H3/b10-7-,19-16-,28-25-,32-31-,35-34-,41-27-,42-29-. The highest BCUT2D eigenvalue weighted by atomic mass is 16.6. The van der Waals surface area contributed by atoms with E-state index in [0.29, 0.717) is 19.3 Å². The first-order valence-corrected chi connectivity index (χ1v) is 32.6. The number of ether oxygens (including phenoxy) is 3. The van der Waals surface area contributed by atoms with Crippen molar-refractivity contribution in [3.05, 3.63) is 85.1 Å². The van der Waals surface area contributed by atoms with Crippen LogP contribution in [0.1, 0.15) is 323 Å². The van der Waals surface area contributed by atoms with Crippen molar-refractivity contribution in [3.63, 3.8) is 0 Å². The van der Waals surface area contributed by atoms with Gasteiger partial charge in [-0.25, -0.2) is 0 Å². The van der Waals surface area contributed by atoms with E-state index in [4.69, 9.17) is 14.2 Å². The molecule has 1 atom stereocenters. The van der Waals surface area contributed by atoms with Crippen molar-refractivity contribution in [3.8, 4) is 0 Å². The largest absolute Gasteiger partial charge is 0.462 e. The van der Waals surface area contributed by atoms with E-state index in [9.17, 15) is 14.4 Å². The molecular formula is C70H122O6.